The number of nitrogens with one attached hydrogen (secondary N) is 3. The summed E-state index contributed by atoms with van der Waals surface area (Å²) in [6.07, 6.45) is 9.40. The molecule has 3 N–H and O–H groups in total. The lowest BCUT2D eigenvalue weighted by Gasteiger charge is -2.35. The molecule has 2 fully saturated rings. The summed E-state index contributed by atoms with van der Waals surface area (Å²) >= 11 is 9.53. The smallest absolute Gasteiger partial charge is 0.408 e. The highest BCUT2D eigenvalue weighted by molar-refractivity contribution is 6.40. The van der Waals surface area contributed by atoms with Gasteiger partial charge < -0.3 is 25.6 Å². The van der Waals surface area contributed by atoms with Crippen LogP contribution in [0.3, 0.4) is 0 Å². The van der Waals surface area contributed by atoms with E-state index in [0.29, 0.717) is 32.2 Å². The van der Waals surface area contributed by atoms with E-state index >= 15 is 0 Å². The first-order valence-electron chi connectivity index (χ1n) is 14.7. The zero-order valence-corrected chi connectivity index (χ0v) is 26.7. The zero-order valence-electron chi connectivity index (χ0n) is 25.2. The van der Waals surface area contributed by atoms with Gasteiger partial charge in [-0.1, -0.05) is 31.4 Å². The van der Waals surface area contributed by atoms with Gasteiger partial charge in [-0.2, -0.15) is 0 Å². The highest BCUT2D eigenvalue weighted by Gasteiger charge is 2.42. The Kier molecular flexibility index (Phi) is 17.4. The molecule has 2 aliphatic rings. The van der Waals surface area contributed by atoms with Crippen LogP contribution in [0.4, 0.5) is 4.79 Å². The van der Waals surface area contributed by atoms with Crippen molar-refractivity contribution in [2.24, 2.45) is 5.92 Å². The van der Waals surface area contributed by atoms with Gasteiger partial charge >= 0.3 is 6.09 Å². The lowest BCUT2D eigenvalue weighted by molar-refractivity contribution is -0.143. The van der Waals surface area contributed by atoms with Crippen LogP contribution in [0.15, 0.2) is 25.3 Å². The molecule has 1 saturated carbocycles. The third-order valence-corrected chi connectivity index (χ3v) is 7.05. The molecule has 10 nitrogen and oxygen atoms in total. The second-order valence-corrected chi connectivity index (χ2v) is 12.2. The zero-order chi connectivity index (χ0) is 31.7. The van der Waals surface area contributed by atoms with E-state index in [1.54, 1.807) is 32.9 Å². The highest BCUT2D eigenvalue weighted by atomic mass is 35.5. The molecule has 0 bridgehead atoms. The minimum Gasteiger partial charge on any atom is -0.444 e. The van der Waals surface area contributed by atoms with Crippen LogP contribution >= 0.6 is 23.2 Å². The molecule has 1 aliphatic carbocycles. The second kappa shape index (κ2) is 19.6. The molecule has 0 aromatic rings. The molecule has 4 amide bonds. The van der Waals surface area contributed by atoms with E-state index < -0.39 is 47.4 Å². The Labute approximate surface area is 260 Å². The number of Topliss-reactive ketones (excluding diaryl/α,β-unsaturated/α-hetero) is 1. The Morgan fingerprint density at radius 1 is 0.952 bits per heavy atom. The topological polar surface area (TPSA) is 134 Å². The molecule has 42 heavy (non-hydrogen) atoms. The number of ketones is 1. The largest absolute Gasteiger partial charge is 0.444 e. The van der Waals surface area contributed by atoms with Crippen molar-refractivity contribution in [3.8, 4) is 0 Å². The minimum absolute atomic E-state index is 0.0516. The lowest BCUT2D eigenvalue weighted by Crippen LogP contribution is -2.58. The van der Waals surface area contributed by atoms with Crippen molar-refractivity contribution in [2.45, 2.75) is 109 Å². The molecule has 2 rings (SSSR count). The van der Waals surface area contributed by atoms with Crippen molar-refractivity contribution < 1.29 is 28.7 Å². The predicted molar refractivity (Wildman–Crippen MR) is 165 cm³/mol. The van der Waals surface area contributed by atoms with Gasteiger partial charge in [0.1, 0.15) is 17.7 Å². The lowest BCUT2D eigenvalue weighted by atomic mass is 9.83. The monoisotopic (exact) mass is 630 g/mol. The fraction of sp³-hybridized carbons (Fsp3) is 0.700. The number of allylic oxidation sites excluding steroid dienone is 1. The molecular formula is C30H48Cl2N4O6. The highest BCUT2D eigenvalue weighted by Crippen LogP contribution is 2.29. The van der Waals surface area contributed by atoms with Crippen molar-refractivity contribution in [3.05, 3.63) is 25.3 Å². The van der Waals surface area contributed by atoms with Crippen LogP contribution in [-0.2, 0) is 23.9 Å². The maximum Gasteiger partial charge on any atom is 0.408 e. The molecule has 1 aliphatic heterocycles. The Morgan fingerprint density at radius 2 is 1.57 bits per heavy atom. The molecule has 0 radical (unpaired) electrons. The molecule has 1 heterocycles. The van der Waals surface area contributed by atoms with Crippen LogP contribution in [0.2, 0.25) is 0 Å². The van der Waals surface area contributed by atoms with E-state index in [1.165, 1.54) is 4.90 Å². The van der Waals surface area contributed by atoms with E-state index in [2.05, 4.69) is 29.1 Å². The molecular weight excluding hydrogens is 583 g/mol. The van der Waals surface area contributed by atoms with Gasteiger partial charge in [0.2, 0.25) is 17.6 Å². The summed E-state index contributed by atoms with van der Waals surface area (Å²) in [6.45, 7) is 13.2. The van der Waals surface area contributed by atoms with Crippen molar-refractivity contribution in [3.63, 3.8) is 0 Å². The number of alkyl carbamates (subject to hydrolysis) is 1. The quantitative estimate of drug-likeness (QED) is 0.118. The number of carbonyl (C=O) groups excluding carboxylic acids is 5. The van der Waals surface area contributed by atoms with Crippen LogP contribution < -0.4 is 16.0 Å². The second-order valence-electron chi connectivity index (χ2n) is 11.4. The summed E-state index contributed by atoms with van der Waals surface area (Å²) in [4.78, 5) is 66.6. The summed E-state index contributed by atoms with van der Waals surface area (Å²) < 4.78 is 5.43. The van der Waals surface area contributed by atoms with Crippen LogP contribution in [0.5, 0.6) is 0 Å². The fourth-order valence-electron chi connectivity index (χ4n) is 5.12. The number of hydrogen-bond acceptors (Lipinski definition) is 6. The molecule has 238 valence electrons. The maximum absolute atomic E-state index is 13.8. The molecule has 3 atom stereocenters. The number of ether oxygens (including phenoxy) is 1. The van der Waals surface area contributed by atoms with Gasteiger partial charge in [-0.25, -0.2) is 4.79 Å². The summed E-state index contributed by atoms with van der Waals surface area (Å²) in [5, 5.41) is 8.25. The van der Waals surface area contributed by atoms with Crippen LogP contribution in [0.1, 0.15) is 85.0 Å². The van der Waals surface area contributed by atoms with E-state index in [-0.39, 0.29) is 30.1 Å². The van der Waals surface area contributed by atoms with Gasteiger partial charge in [0.15, 0.2) is 0 Å². The van der Waals surface area contributed by atoms with Crippen molar-refractivity contribution in [2.75, 3.05) is 18.4 Å². The number of amides is 4. The number of halogens is 2. The average Bonchev–Trinajstić information content (AvgIpc) is 3.43. The first kappa shape index (κ1) is 37.4. The summed E-state index contributed by atoms with van der Waals surface area (Å²) in [5.74, 6) is -2.37. The number of rotatable bonds is 13. The Morgan fingerprint density at radius 3 is 2.14 bits per heavy atom. The Bertz CT molecular complexity index is 933. The van der Waals surface area contributed by atoms with E-state index in [1.807, 2.05) is 0 Å². The molecule has 2 unspecified atom stereocenters. The standard InChI is InChI=1S/C29H46N4O6.CH2Cl2/c1-6-8-16-21(24(34)26(36)30-18-9-7-2)31-25(35)22-17-13-19-33(22)27(37)23(20-14-11-10-12-15-20)32-28(38)39-29(3,4)5;2-1-3/h6-7,20-23H,1-2,8-19H2,3-5H3,(H,30,36)(H,31,35)(H,32,38);1H2/t21?,22-,23?;/m0./s1. The van der Waals surface area contributed by atoms with Gasteiger partial charge in [-0.3, -0.25) is 19.2 Å². The normalized spacial score (nSPS) is 18.4. The Hall–Kier alpha value is -2.59. The minimum atomic E-state index is -1.04. The number of hydrogen-bond donors (Lipinski definition) is 3. The predicted octanol–water partition coefficient (Wildman–Crippen LogP) is 4.58. The molecule has 0 spiro atoms. The fourth-order valence-corrected chi connectivity index (χ4v) is 5.12. The van der Waals surface area contributed by atoms with Crippen LogP contribution in [0.25, 0.3) is 0 Å². The van der Waals surface area contributed by atoms with E-state index in [4.69, 9.17) is 27.9 Å². The molecule has 0 aromatic heterocycles. The van der Waals surface area contributed by atoms with Gasteiger partial charge in [-0.05, 0) is 71.6 Å². The van der Waals surface area contributed by atoms with Crippen LogP contribution in [-0.4, -0.2) is 76.7 Å². The average molecular weight is 632 g/mol. The Balaban J connectivity index is 0.00000281. The number of alkyl halides is 2. The summed E-state index contributed by atoms with van der Waals surface area (Å²) in [6, 6.07) is -2.64. The van der Waals surface area contributed by atoms with Gasteiger partial charge in [0, 0.05) is 13.1 Å². The maximum atomic E-state index is 13.8. The summed E-state index contributed by atoms with van der Waals surface area (Å²) in [7, 11) is 0. The molecule has 0 aromatic carbocycles. The van der Waals surface area contributed by atoms with E-state index in [9.17, 15) is 24.0 Å². The van der Waals surface area contributed by atoms with Crippen molar-refractivity contribution in [1.29, 1.82) is 0 Å². The summed E-state index contributed by atoms with van der Waals surface area (Å²) in [5.41, 5.74) is -0.717. The first-order valence-corrected chi connectivity index (χ1v) is 15.7. The van der Waals surface area contributed by atoms with Gasteiger partial charge in [0.25, 0.3) is 5.91 Å². The van der Waals surface area contributed by atoms with E-state index in [0.717, 1.165) is 32.1 Å². The van der Waals surface area contributed by atoms with Crippen molar-refractivity contribution >= 4 is 52.8 Å². The third kappa shape index (κ3) is 13.2. The SMILES string of the molecule is C=CCCNC(=O)C(=O)C(CCC=C)NC(=O)[C@@H]1CCCN1C(=O)C(NC(=O)OC(C)(C)C)C1CCCCC1.ClCCl. The van der Waals surface area contributed by atoms with Crippen LogP contribution in [0, 0.1) is 5.92 Å². The number of carbonyl (C=O) groups is 5. The molecule has 12 heteroatoms. The molecule has 1 saturated heterocycles. The van der Waals surface area contributed by atoms with Gasteiger partial charge in [-0.15, -0.1) is 36.4 Å². The van der Waals surface area contributed by atoms with Crippen molar-refractivity contribution in [1.82, 2.24) is 20.9 Å². The first-order chi connectivity index (χ1) is 19.9. The van der Waals surface area contributed by atoms with Gasteiger partial charge in [0.05, 0.1) is 11.4 Å². The number of likely N-dealkylation sites (tertiary alicyclic amines) is 1. The third-order valence-electron chi connectivity index (χ3n) is 7.05. The number of nitrogens with zero attached hydrogens (tertiary/aromatic N) is 1.